The van der Waals surface area contributed by atoms with Gasteiger partial charge in [0, 0.05) is 0 Å². The first-order valence-corrected chi connectivity index (χ1v) is 7.48. The third kappa shape index (κ3) is 7.42. The molecule has 0 aliphatic heterocycles. The molecule has 0 aromatic carbocycles. The first-order chi connectivity index (χ1) is 5.87. The summed E-state index contributed by atoms with van der Waals surface area (Å²) < 4.78 is 0. The van der Waals surface area contributed by atoms with Crippen LogP contribution in [0.2, 0.25) is 0 Å². The van der Waals surface area contributed by atoms with Crippen molar-refractivity contribution in [2.75, 3.05) is 12.0 Å². The third-order valence-corrected chi connectivity index (χ3v) is 2.86. The van der Waals surface area contributed by atoms with Gasteiger partial charge in [-0.2, -0.15) is 18.4 Å². The molecule has 1 amide bonds. The van der Waals surface area contributed by atoms with Crippen molar-refractivity contribution in [1.82, 2.24) is 5.09 Å². The molecule has 0 saturated heterocycles. The fraction of sp³-hybridized carbons (Fsp3) is 0.800. The summed E-state index contributed by atoms with van der Waals surface area (Å²) in [5, 5.41) is 2.02. The highest BCUT2D eigenvalue weighted by molar-refractivity contribution is 8.06. The van der Waals surface area contributed by atoms with E-state index < -0.39 is 18.6 Å². The first-order valence-electron chi connectivity index (χ1n) is 3.45. The lowest BCUT2D eigenvalue weighted by Crippen LogP contribution is -2.44. The van der Waals surface area contributed by atoms with Gasteiger partial charge in [-0.05, 0) is 18.4 Å². The fourth-order valence-corrected chi connectivity index (χ4v) is 2.19. The number of amides is 1. The Morgan fingerprint density at radius 1 is 1.77 bits per heavy atom. The molecule has 3 N–H and O–H groups in total. The molecule has 0 spiro atoms. The Balaban J connectivity index is 4.11. The highest BCUT2D eigenvalue weighted by atomic mass is 32.5. The normalized spacial score (nSPS) is 14.1. The van der Waals surface area contributed by atoms with E-state index in [1.54, 1.807) is 0 Å². The molecule has 0 aliphatic carbocycles. The molecule has 78 valence electrons. The number of primary amides is 1. The molecule has 0 bridgehead atoms. The molecule has 0 aromatic heterocycles. The number of nitrogens with two attached hydrogens (primary N) is 1. The lowest BCUT2D eigenvalue weighted by atomic mass is 10.2. The number of thioether (sulfide) groups is 1. The number of rotatable bonds is 6. The highest BCUT2D eigenvalue weighted by Gasteiger charge is 2.13. The molecule has 5 nitrogen and oxygen atoms in total. The van der Waals surface area contributed by atoms with Crippen LogP contribution in [0.3, 0.4) is 0 Å². The van der Waals surface area contributed by atoms with Crippen LogP contribution in [0.4, 0.5) is 0 Å². The minimum atomic E-state index is -4.04. The summed E-state index contributed by atoms with van der Waals surface area (Å²) in [5.41, 5.74) is 4.97. The van der Waals surface area contributed by atoms with Gasteiger partial charge in [0.15, 0.2) is 0 Å². The zero-order valence-corrected chi connectivity index (χ0v) is 9.58. The van der Waals surface area contributed by atoms with Gasteiger partial charge < -0.3 is 20.6 Å². The van der Waals surface area contributed by atoms with Gasteiger partial charge in [0.2, 0.25) is 5.91 Å². The number of carbonyl (C=O) groups excluding carboxylic acids is 1. The molecule has 0 rings (SSSR count). The molecule has 0 radical (unpaired) electrons. The third-order valence-electron chi connectivity index (χ3n) is 1.27. The Morgan fingerprint density at radius 3 is 2.62 bits per heavy atom. The van der Waals surface area contributed by atoms with Crippen molar-refractivity contribution >= 4 is 36.1 Å². The van der Waals surface area contributed by atoms with Gasteiger partial charge in [0.1, 0.15) is 0 Å². The van der Waals surface area contributed by atoms with Crippen LogP contribution in [-0.4, -0.2) is 24.0 Å². The zero-order chi connectivity index (χ0) is 10.5. The molecule has 0 saturated carbocycles. The SMILES string of the molecule is CSCCC(NP([O-])([O-])=S)C(N)=O. The Kier molecular flexibility index (Phi) is 6.11. The Hall–Kier alpha value is 0.350. The minimum Gasteiger partial charge on any atom is -0.821 e. The molecule has 13 heavy (non-hydrogen) atoms. The second-order valence-electron chi connectivity index (χ2n) is 2.36. The fourth-order valence-electron chi connectivity index (χ4n) is 0.697. The van der Waals surface area contributed by atoms with Gasteiger partial charge in [0.25, 0.3) is 0 Å². The van der Waals surface area contributed by atoms with E-state index in [2.05, 4.69) is 11.8 Å². The summed E-state index contributed by atoms with van der Waals surface area (Å²) in [5.74, 6) is -0.0503. The van der Waals surface area contributed by atoms with E-state index in [1.165, 1.54) is 11.8 Å². The van der Waals surface area contributed by atoms with Crippen LogP contribution in [0, 0.1) is 0 Å². The van der Waals surface area contributed by atoms with Gasteiger partial charge >= 0.3 is 0 Å². The Morgan fingerprint density at radius 2 is 2.31 bits per heavy atom. The minimum absolute atomic E-state index is 0.360. The summed E-state index contributed by atoms with van der Waals surface area (Å²) in [7, 11) is 0. The van der Waals surface area contributed by atoms with Gasteiger partial charge in [0.05, 0.1) is 6.04 Å². The number of carbonyl (C=O) groups is 1. The van der Waals surface area contributed by atoms with E-state index >= 15 is 0 Å². The summed E-state index contributed by atoms with van der Waals surface area (Å²) in [4.78, 5) is 32.0. The van der Waals surface area contributed by atoms with E-state index in [1.807, 2.05) is 11.3 Å². The monoisotopic (exact) mass is 242 g/mol. The molecule has 0 aliphatic rings. The van der Waals surface area contributed by atoms with Gasteiger partial charge in [-0.15, -0.1) is 11.8 Å². The van der Waals surface area contributed by atoms with Crippen LogP contribution in [-0.2, 0) is 16.6 Å². The molecular formula is C5H11N2O3PS2-2. The topological polar surface area (TPSA) is 101 Å². The predicted molar refractivity (Wildman–Crippen MR) is 53.4 cm³/mol. The van der Waals surface area contributed by atoms with Gasteiger partial charge in [-0.25, -0.2) is 0 Å². The maximum atomic E-state index is 10.7. The van der Waals surface area contributed by atoms with E-state index in [9.17, 15) is 14.6 Å². The molecule has 1 unspecified atom stereocenters. The second-order valence-corrected chi connectivity index (χ2v) is 6.04. The molecular weight excluding hydrogens is 231 g/mol. The lowest BCUT2D eigenvalue weighted by Gasteiger charge is -2.38. The summed E-state index contributed by atoms with van der Waals surface area (Å²) >= 11 is 5.60. The lowest BCUT2D eigenvalue weighted by molar-refractivity contribution is -0.299. The van der Waals surface area contributed by atoms with Crippen molar-refractivity contribution in [1.29, 1.82) is 0 Å². The maximum absolute atomic E-state index is 10.7. The standard InChI is InChI=1S/C5H13N2O3PS2/c1-13-3-2-4(5(6)8)7-11(9,10)12/h4H,2-3H2,1H3,(H2,6,8)(H3,7,9,10,12)/p-2. The van der Waals surface area contributed by atoms with Crippen molar-refractivity contribution in [3.05, 3.63) is 0 Å². The van der Waals surface area contributed by atoms with E-state index in [-0.39, 0.29) is 0 Å². The van der Waals surface area contributed by atoms with Gasteiger partial charge in [-0.1, -0.05) is 0 Å². The quantitative estimate of drug-likeness (QED) is 0.529. The molecule has 0 aromatic rings. The average molecular weight is 242 g/mol. The molecule has 1 atom stereocenters. The van der Waals surface area contributed by atoms with Crippen LogP contribution >= 0.6 is 18.4 Å². The van der Waals surface area contributed by atoms with Crippen LogP contribution < -0.4 is 20.6 Å². The van der Waals surface area contributed by atoms with Crippen molar-refractivity contribution in [3.63, 3.8) is 0 Å². The van der Waals surface area contributed by atoms with E-state index in [0.29, 0.717) is 12.2 Å². The van der Waals surface area contributed by atoms with Gasteiger partial charge in [-0.3, -0.25) is 4.79 Å². The maximum Gasteiger partial charge on any atom is 0.234 e. The Bertz CT molecular complexity index is 220. The van der Waals surface area contributed by atoms with Crippen LogP contribution in [0.25, 0.3) is 0 Å². The largest absolute Gasteiger partial charge is 0.821 e. The summed E-state index contributed by atoms with van der Waals surface area (Å²) in [6.45, 7) is -4.04. The molecule has 0 fully saturated rings. The van der Waals surface area contributed by atoms with Crippen molar-refractivity contribution in [2.45, 2.75) is 12.5 Å². The van der Waals surface area contributed by atoms with Crippen molar-refractivity contribution in [3.8, 4) is 0 Å². The van der Waals surface area contributed by atoms with Crippen LogP contribution in [0.1, 0.15) is 6.42 Å². The van der Waals surface area contributed by atoms with Crippen molar-refractivity contribution < 1.29 is 14.6 Å². The number of hydrogen-bond acceptors (Lipinski definition) is 5. The smallest absolute Gasteiger partial charge is 0.234 e. The first kappa shape index (κ1) is 13.4. The number of hydrogen-bond donors (Lipinski definition) is 2. The molecule has 8 heteroatoms. The highest BCUT2D eigenvalue weighted by Crippen LogP contribution is 2.19. The summed E-state index contributed by atoms with van der Waals surface area (Å²) in [6, 6.07) is -0.881. The van der Waals surface area contributed by atoms with E-state index in [4.69, 9.17) is 5.73 Å². The summed E-state index contributed by atoms with van der Waals surface area (Å²) in [6.07, 6.45) is 2.21. The second kappa shape index (κ2) is 5.95. The number of nitrogens with one attached hydrogen (secondary N) is 1. The Labute approximate surface area is 86.3 Å². The van der Waals surface area contributed by atoms with Crippen LogP contribution in [0.5, 0.6) is 0 Å². The molecule has 0 heterocycles. The van der Waals surface area contributed by atoms with Crippen molar-refractivity contribution in [2.24, 2.45) is 5.73 Å². The van der Waals surface area contributed by atoms with E-state index in [0.717, 1.165) is 0 Å². The zero-order valence-electron chi connectivity index (χ0n) is 7.06. The average Bonchev–Trinajstić information content (AvgIpc) is 1.95. The predicted octanol–water partition coefficient (Wildman–Crippen LogP) is -1.87. The van der Waals surface area contributed by atoms with Crippen LogP contribution in [0.15, 0.2) is 0 Å².